The van der Waals surface area contributed by atoms with E-state index in [1.165, 1.54) is 0 Å². The minimum absolute atomic E-state index is 0.0204. The van der Waals surface area contributed by atoms with Gasteiger partial charge in [-0.3, -0.25) is 4.79 Å². The van der Waals surface area contributed by atoms with Gasteiger partial charge in [-0.1, -0.05) is 36.4 Å². The van der Waals surface area contributed by atoms with E-state index >= 15 is 0 Å². The summed E-state index contributed by atoms with van der Waals surface area (Å²) in [4.78, 5) is 16.5. The smallest absolute Gasteiger partial charge is 0.270 e. The molecule has 0 bridgehead atoms. The Bertz CT molecular complexity index is 666. The molecule has 0 radical (unpaired) electrons. The maximum absolute atomic E-state index is 12.2. The highest BCUT2D eigenvalue weighted by molar-refractivity contribution is 5.95. The van der Waals surface area contributed by atoms with Crippen LogP contribution in [0.5, 0.6) is 0 Å². The number of amides is 1. The lowest BCUT2D eigenvalue weighted by Gasteiger charge is -2.12. The van der Waals surface area contributed by atoms with Crippen molar-refractivity contribution in [2.24, 2.45) is 5.92 Å². The van der Waals surface area contributed by atoms with Crippen LogP contribution >= 0.6 is 0 Å². The third-order valence-electron chi connectivity index (χ3n) is 3.55. The zero-order chi connectivity index (χ0) is 13.9. The molecular weight excluding hydrogens is 252 g/mol. The van der Waals surface area contributed by atoms with Crippen LogP contribution in [0.3, 0.4) is 0 Å². The number of aliphatic hydroxyl groups is 1. The van der Waals surface area contributed by atoms with Crippen LogP contribution in [0.4, 0.5) is 0 Å². The van der Waals surface area contributed by atoms with Gasteiger partial charge in [-0.05, 0) is 18.6 Å². The molecule has 1 heterocycles. The highest BCUT2D eigenvalue weighted by Crippen LogP contribution is 2.18. The molecule has 0 saturated carbocycles. The van der Waals surface area contributed by atoms with Gasteiger partial charge < -0.3 is 10.4 Å². The molecule has 3 rings (SSSR count). The second-order valence-corrected chi connectivity index (χ2v) is 5.03. The molecule has 2 atom stereocenters. The number of aliphatic hydroxyl groups excluding tert-OH is 1. The van der Waals surface area contributed by atoms with Gasteiger partial charge in [0.2, 0.25) is 0 Å². The molecule has 1 amide bonds. The number of pyridine rings is 1. The predicted octanol–water partition coefficient (Wildman–Crippen LogP) is 1.90. The maximum atomic E-state index is 12.2. The van der Waals surface area contributed by atoms with Crippen molar-refractivity contribution in [3.63, 3.8) is 0 Å². The predicted molar refractivity (Wildman–Crippen MR) is 77.3 cm³/mol. The summed E-state index contributed by atoms with van der Waals surface area (Å²) in [6.07, 6.45) is 4.62. The number of nitrogens with zero attached hydrogens (tertiary/aromatic N) is 1. The second kappa shape index (κ2) is 5.43. The number of rotatable bonds is 3. The van der Waals surface area contributed by atoms with Crippen LogP contribution in [-0.4, -0.2) is 28.6 Å². The van der Waals surface area contributed by atoms with Crippen molar-refractivity contribution in [2.45, 2.75) is 12.5 Å². The fraction of sp³-hybridized carbons (Fsp3) is 0.250. The summed E-state index contributed by atoms with van der Waals surface area (Å²) in [5.41, 5.74) is 1.24. The summed E-state index contributed by atoms with van der Waals surface area (Å²) in [7, 11) is 0. The van der Waals surface area contributed by atoms with Crippen molar-refractivity contribution in [2.75, 3.05) is 6.61 Å². The average molecular weight is 268 g/mol. The molecule has 1 aromatic heterocycles. The van der Waals surface area contributed by atoms with E-state index in [2.05, 4.69) is 10.3 Å². The fourth-order valence-corrected chi connectivity index (χ4v) is 2.45. The first-order valence-electron chi connectivity index (χ1n) is 6.72. The monoisotopic (exact) mass is 268 g/mol. The Kier molecular flexibility index (Phi) is 3.48. The first-order valence-corrected chi connectivity index (χ1v) is 6.72. The number of hydrogen-bond donors (Lipinski definition) is 2. The van der Waals surface area contributed by atoms with Crippen LogP contribution in [0.25, 0.3) is 10.9 Å². The van der Waals surface area contributed by atoms with E-state index in [1.807, 2.05) is 42.5 Å². The molecule has 2 aromatic rings. The van der Waals surface area contributed by atoms with Crippen molar-refractivity contribution < 1.29 is 9.90 Å². The number of fused-ring (bicyclic) bond motifs is 1. The largest absolute Gasteiger partial charge is 0.396 e. The quantitative estimate of drug-likeness (QED) is 0.836. The summed E-state index contributed by atoms with van der Waals surface area (Å²) < 4.78 is 0. The lowest BCUT2D eigenvalue weighted by Crippen LogP contribution is -2.33. The molecule has 4 heteroatoms. The Balaban J connectivity index is 1.74. The van der Waals surface area contributed by atoms with Crippen LogP contribution in [0.15, 0.2) is 48.6 Å². The zero-order valence-corrected chi connectivity index (χ0v) is 11.0. The van der Waals surface area contributed by atoms with Crippen molar-refractivity contribution >= 4 is 16.8 Å². The Hall–Kier alpha value is -2.20. The molecular formula is C16H16N2O2. The highest BCUT2D eigenvalue weighted by atomic mass is 16.3. The van der Waals surface area contributed by atoms with E-state index in [0.717, 1.165) is 17.3 Å². The van der Waals surface area contributed by atoms with Gasteiger partial charge in [0, 0.05) is 24.0 Å². The van der Waals surface area contributed by atoms with E-state index in [4.69, 9.17) is 5.11 Å². The summed E-state index contributed by atoms with van der Waals surface area (Å²) in [5.74, 6) is -0.0335. The number of para-hydroxylation sites is 1. The molecule has 4 nitrogen and oxygen atoms in total. The van der Waals surface area contributed by atoms with Gasteiger partial charge in [-0.25, -0.2) is 4.98 Å². The molecule has 0 fully saturated rings. The lowest BCUT2D eigenvalue weighted by atomic mass is 10.1. The molecule has 1 aromatic carbocycles. The van der Waals surface area contributed by atoms with E-state index in [-0.39, 0.29) is 24.5 Å². The van der Waals surface area contributed by atoms with Gasteiger partial charge in [-0.15, -0.1) is 0 Å². The fourth-order valence-electron chi connectivity index (χ4n) is 2.45. The number of benzene rings is 1. The molecule has 0 unspecified atom stereocenters. The van der Waals surface area contributed by atoms with Crippen LogP contribution in [-0.2, 0) is 0 Å². The Morgan fingerprint density at radius 2 is 2.10 bits per heavy atom. The van der Waals surface area contributed by atoms with Gasteiger partial charge in [-0.2, -0.15) is 0 Å². The van der Waals surface area contributed by atoms with E-state index in [0.29, 0.717) is 5.69 Å². The van der Waals surface area contributed by atoms with Crippen LogP contribution in [0.2, 0.25) is 0 Å². The van der Waals surface area contributed by atoms with Crippen LogP contribution in [0, 0.1) is 5.92 Å². The summed E-state index contributed by atoms with van der Waals surface area (Å²) in [6.45, 7) is 0.122. The summed E-state index contributed by atoms with van der Waals surface area (Å²) in [5, 5.41) is 13.0. The van der Waals surface area contributed by atoms with E-state index in [1.54, 1.807) is 6.07 Å². The topological polar surface area (TPSA) is 62.2 Å². The Labute approximate surface area is 117 Å². The Morgan fingerprint density at radius 3 is 2.90 bits per heavy atom. The zero-order valence-electron chi connectivity index (χ0n) is 11.0. The van der Waals surface area contributed by atoms with Crippen molar-refractivity contribution in [1.29, 1.82) is 0 Å². The number of carbonyl (C=O) groups is 1. The SMILES string of the molecule is O=C(N[C@@H]1C=C[C@H](CO)C1)c1ccc2ccccc2n1. The lowest BCUT2D eigenvalue weighted by molar-refractivity contribution is 0.0936. The van der Waals surface area contributed by atoms with Gasteiger partial charge in [0.15, 0.2) is 0 Å². The third-order valence-corrected chi connectivity index (χ3v) is 3.55. The molecule has 102 valence electrons. The van der Waals surface area contributed by atoms with Crippen molar-refractivity contribution in [1.82, 2.24) is 10.3 Å². The van der Waals surface area contributed by atoms with Gasteiger partial charge in [0.1, 0.15) is 5.69 Å². The second-order valence-electron chi connectivity index (χ2n) is 5.03. The Morgan fingerprint density at radius 1 is 1.25 bits per heavy atom. The first kappa shape index (κ1) is 12.8. The number of hydrogen-bond acceptors (Lipinski definition) is 3. The summed E-state index contributed by atoms with van der Waals surface area (Å²) in [6, 6.07) is 11.3. The molecule has 1 aliphatic carbocycles. The average Bonchev–Trinajstić information content (AvgIpc) is 2.94. The van der Waals surface area contributed by atoms with Crippen molar-refractivity contribution in [3.05, 3.63) is 54.2 Å². The third kappa shape index (κ3) is 2.56. The number of aromatic nitrogens is 1. The minimum atomic E-state index is -0.177. The van der Waals surface area contributed by atoms with Crippen LogP contribution in [0.1, 0.15) is 16.9 Å². The minimum Gasteiger partial charge on any atom is -0.396 e. The molecule has 1 aliphatic rings. The van der Waals surface area contributed by atoms with E-state index in [9.17, 15) is 4.79 Å². The van der Waals surface area contributed by atoms with Crippen molar-refractivity contribution in [3.8, 4) is 0 Å². The first-order chi connectivity index (χ1) is 9.76. The highest BCUT2D eigenvalue weighted by Gasteiger charge is 2.20. The van der Waals surface area contributed by atoms with Gasteiger partial charge >= 0.3 is 0 Å². The molecule has 20 heavy (non-hydrogen) atoms. The van der Waals surface area contributed by atoms with Gasteiger partial charge in [0.25, 0.3) is 5.91 Å². The number of nitrogens with one attached hydrogen (secondary N) is 1. The summed E-state index contributed by atoms with van der Waals surface area (Å²) >= 11 is 0. The van der Waals surface area contributed by atoms with Crippen LogP contribution < -0.4 is 5.32 Å². The molecule has 0 aliphatic heterocycles. The molecule has 2 N–H and O–H groups in total. The van der Waals surface area contributed by atoms with Gasteiger partial charge in [0.05, 0.1) is 5.52 Å². The molecule has 0 saturated heterocycles. The number of carbonyl (C=O) groups excluding carboxylic acids is 1. The standard InChI is InChI=1S/C16H16N2O2/c19-10-11-5-7-13(9-11)17-16(20)15-8-6-12-3-1-2-4-14(12)18-15/h1-8,11,13,19H,9-10H2,(H,17,20)/t11-,13+/m0/s1. The normalized spacial score (nSPS) is 21.2. The molecule has 0 spiro atoms. The van der Waals surface area contributed by atoms with E-state index < -0.39 is 0 Å². The maximum Gasteiger partial charge on any atom is 0.270 e.